The van der Waals surface area contributed by atoms with Crippen molar-refractivity contribution in [2.45, 2.75) is 37.6 Å². The van der Waals surface area contributed by atoms with Crippen molar-refractivity contribution in [3.05, 3.63) is 34.4 Å². The van der Waals surface area contributed by atoms with E-state index in [1.54, 1.807) is 23.9 Å². The zero-order valence-electron chi connectivity index (χ0n) is 10.9. The predicted octanol–water partition coefficient (Wildman–Crippen LogP) is 3.47. The summed E-state index contributed by atoms with van der Waals surface area (Å²) in [5, 5.41) is 14.3. The van der Waals surface area contributed by atoms with Gasteiger partial charge in [-0.05, 0) is 19.0 Å². The van der Waals surface area contributed by atoms with Crippen molar-refractivity contribution in [3.8, 4) is 0 Å². The normalized spacial score (nSPS) is 12.3. The van der Waals surface area contributed by atoms with Crippen LogP contribution < -0.4 is 5.32 Å². The number of hydrogen-bond acceptors (Lipinski definition) is 4. The molecular weight excluding hydrogens is 248 g/mol. The smallest absolute Gasteiger partial charge is 0.282 e. The minimum atomic E-state index is -0.315. The van der Waals surface area contributed by atoms with E-state index in [-0.39, 0.29) is 10.6 Å². The number of rotatable bonds is 8. The van der Waals surface area contributed by atoms with Gasteiger partial charge in [-0.3, -0.25) is 10.1 Å². The van der Waals surface area contributed by atoms with Gasteiger partial charge in [-0.25, -0.2) is 0 Å². The second-order valence-corrected chi connectivity index (χ2v) is 5.14. The van der Waals surface area contributed by atoms with Gasteiger partial charge in [0.1, 0.15) is 0 Å². The van der Waals surface area contributed by atoms with Crippen LogP contribution in [0.2, 0.25) is 0 Å². The van der Waals surface area contributed by atoms with E-state index in [0.29, 0.717) is 6.04 Å². The quantitative estimate of drug-likeness (QED) is 0.445. The zero-order chi connectivity index (χ0) is 13.4. The molecule has 0 aliphatic carbocycles. The first-order valence-corrected chi connectivity index (χ1v) is 7.27. The molecular formula is C13H20N2O2S. The Hall–Kier alpha value is -1.07. The van der Waals surface area contributed by atoms with Crippen molar-refractivity contribution in [2.75, 3.05) is 12.3 Å². The van der Waals surface area contributed by atoms with Crippen molar-refractivity contribution >= 4 is 17.4 Å². The van der Waals surface area contributed by atoms with Crippen LogP contribution in [0.3, 0.4) is 0 Å². The van der Waals surface area contributed by atoms with E-state index in [4.69, 9.17) is 0 Å². The molecule has 0 aliphatic heterocycles. The van der Waals surface area contributed by atoms with Gasteiger partial charge in [-0.15, -0.1) is 11.8 Å². The highest BCUT2D eigenvalue weighted by molar-refractivity contribution is 7.99. The summed E-state index contributed by atoms with van der Waals surface area (Å²) >= 11 is 1.56. The van der Waals surface area contributed by atoms with Crippen molar-refractivity contribution < 1.29 is 4.92 Å². The molecule has 1 rings (SSSR count). The standard InChI is InChI=1S/C13H20N2O2S/c1-3-7-11(14-4-2)10-18-13-9-6-5-8-12(13)15(16)17/h5-6,8-9,11,14H,3-4,7,10H2,1-2H3. The molecule has 1 aromatic rings. The summed E-state index contributed by atoms with van der Waals surface area (Å²) in [5.41, 5.74) is 0.203. The molecule has 100 valence electrons. The Morgan fingerprint density at radius 2 is 2.11 bits per heavy atom. The Labute approximate surface area is 112 Å². The van der Waals surface area contributed by atoms with Gasteiger partial charge in [-0.1, -0.05) is 32.4 Å². The van der Waals surface area contributed by atoms with Crippen molar-refractivity contribution in [1.29, 1.82) is 0 Å². The van der Waals surface area contributed by atoms with Crippen LogP contribution in [0.1, 0.15) is 26.7 Å². The number of nitro groups is 1. The second-order valence-electron chi connectivity index (χ2n) is 4.08. The van der Waals surface area contributed by atoms with E-state index in [0.717, 1.165) is 30.0 Å². The van der Waals surface area contributed by atoms with Crippen LogP contribution in [-0.2, 0) is 0 Å². The van der Waals surface area contributed by atoms with Crippen LogP contribution in [0, 0.1) is 10.1 Å². The number of benzene rings is 1. The lowest BCUT2D eigenvalue weighted by Gasteiger charge is -2.16. The molecule has 1 aromatic carbocycles. The minimum absolute atomic E-state index is 0.203. The monoisotopic (exact) mass is 268 g/mol. The van der Waals surface area contributed by atoms with Crippen LogP contribution in [0.15, 0.2) is 29.2 Å². The molecule has 0 saturated heterocycles. The van der Waals surface area contributed by atoms with Crippen molar-refractivity contribution in [2.24, 2.45) is 0 Å². The van der Waals surface area contributed by atoms with Crippen LogP contribution >= 0.6 is 11.8 Å². The molecule has 0 aliphatic rings. The molecule has 0 heterocycles. The fourth-order valence-electron chi connectivity index (χ4n) is 1.80. The highest BCUT2D eigenvalue weighted by atomic mass is 32.2. The van der Waals surface area contributed by atoms with Gasteiger partial charge in [0.2, 0.25) is 0 Å². The molecule has 1 unspecified atom stereocenters. The van der Waals surface area contributed by atoms with Gasteiger partial charge in [0, 0.05) is 17.9 Å². The summed E-state index contributed by atoms with van der Waals surface area (Å²) in [6.07, 6.45) is 2.22. The van der Waals surface area contributed by atoms with Crippen LogP contribution in [0.25, 0.3) is 0 Å². The second kappa shape index (κ2) is 8.11. The molecule has 18 heavy (non-hydrogen) atoms. The minimum Gasteiger partial charge on any atom is -0.313 e. The first-order chi connectivity index (χ1) is 8.69. The summed E-state index contributed by atoms with van der Waals surface area (Å²) in [7, 11) is 0. The third-order valence-corrected chi connectivity index (χ3v) is 3.86. The molecule has 0 aromatic heterocycles. The van der Waals surface area contributed by atoms with E-state index < -0.39 is 0 Å². The summed E-state index contributed by atoms with van der Waals surface area (Å²) < 4.78 is 0. The Balaban J connectivity index is 2.63. The Bertz CT molecular complexity index is 379. The van der Waals surface area contributed by atoms with Crippen LogP contribution in [-0.4, -0.2) is 23.3 Å². The lowest BCUT2D eigenvalue weighted by atomic mass is 10.2. The molecule has 4 nitrogen and oxygen atoms in total. The van der Waals surface area contributed by atoms with Crippen molar-refractivity contribution in [1.82, 2.24) is 5.32 Å². The molecule has 0 saturated carbocycles. The average molecular weight is 268 g/mol. The fourth-order valence-corrected chi connectivity index (χ4v) is 2.93. The average Bonchev–Trinajstić information content (AvgIpc) is 2.36. The van der Waals surface area contributed by atoms with Crippen molar-refractivity contribution in [3.63, 3.8) is 0 Å². The van der Waals surface area contributed by atoms with Gasteiger partial charge in [0.05, 0.1) is 9.82 Å². The first-order valence-electron chi connectivity index (χ1n) is 6.28. The first kappa shape index (κ1) is 15.0. The number of para-hydroxylation sites is 1. The maximum Gasteiger partial charge on any atom is 0.282 e. The molecule has 1 atom stereocenters. The molecule has 0 fully saturated rings. The van der Waals surface area contributed by atoms with Gasteiger partial charge in [0.15, 0.2) is 0 Å². The number of nitrogens with zero attached hydrogens (tertiary/aromatic N) is 1. The van der Waals surface area contributed by atoms with E-state index in [1.165, 1.54) is 0 Å². The fraction of sp³-hybridized carbons (Fsp3) is 0.538. The molecule has 0 bridgehead atoms. The SMILES string of the molecule is CCCC(CSc1ccccc1[N+](=O)[O-])NCC. The summed E-state index contributed by atoms with van der Waals surface area (Å²) in [4.78, 5) is 11.3. The highest BCUT2D eigenvalue weighted by Crippen LogP contribution is 2.29. The van der Waals surface area contributed by atoms with E-state index in [2.05, 4.69) is 19.2 Å². The number of nitrogens with one attached hydrogen (secondary N) is 1. The Morgan fingerprint density at radius 3 is 2.72 bits per heavy atom. The topological polar surface area (TPSA) is 55.2 Å². The molecule has 0 radical (unpaired) electrons. The highest BCUT2D eigenvalue weighted by Gasteiger charge is 2.14. The number of nitro benzene ring substituents is 1. The Morgan fingerprint density at radius 1 is 1.39 bits per heavy atom. The molecule has 0 amide bonds. The van der Waals surface area contributed by atoms with Crippen LogP contribution in [0.4, 0.5) is 5.69 Å². The maximum absolute atomic E-state index is 10.9. The van der Waals surface area contributed by atoms with Gasteiger partial charge < -0.3 is 5.32 Å². The third kappa shape index (κ3) is 4.66. The number of hydrogen-bond donors (Lipinski definition) is 1. The number of thioether (sulfide) groups is 1. The van der Waals surface area contributed by atoms with Gasteiger partial charge >= 0.3 is 0 Å². The maximum atomic E-state index is 10.9. The van der Waals surface area contributed by atoms with Crippen LogP contribution in [0.5, 0.6) is 0 Å². The molecule has 5 heteroatoms. The van der Waals surface area contributed by atoms with E-state index in [1.807, 2.05) is 12.1 Å². The largest absolute Gasteiger partial charge is 0.313 e. The van der Waals surface area contributed by atoms with E-state index >= 15 is 0 Å². The predicted molar refractivity (Wildman–Crippen MR) is 76.2 cm³/mol. The molecule has 0 spiro atoms. The summed E-state index contributed by atoms with van der Waals surface area (Å²) in [6.45, 7) is 5.17. The Kier molecular flexibility index (Phi) is 6.75. The summed E-state index contributed by atoms with van der Waals surface area (Å²) in [6, 6.07) is 7.35. The molecule has 1 N–H and O–H groups in total. The third-order valence-electron chi connectivity index (χ3n) is 2.63. The zero-order valence-corrected chi connectivity index (χ0v) is 11.7. The lowest BCUT2D eigenvalue weighted by Crippen LogP contribution is -2.30. The van der Waals surface area contributed by atoms with E-state index in [9.17, 15) is 10.1 Å². The van der Waals surface area contributed by atoms with Gasteiger partial charge in [0.25, 0.3) is 5.69 Å². The lowest BCUT2D eigenvalue weighted by molar-refractivity contribution is -0.387. The summed E-state index contributed by atoms with van der Waals surface area (Å²) in [5.74, 6) is 0.868. The van der Waals surface area contributed by atoms with Gasteiger partial charge in [-0.2, -0.15) is 0 Å².